The van der Waals surface area contributed by atoms with Crippen LogP contribution in [0.15, 0.2) is 60.8 Å². The average Bonchev–Trinajstić information content (AvgIpc) is 3.73. The van der Waals surface area contributed by atoms with Crippen molar-refractivity contribution < 1.29 is 23.4 Å². The molecular weight excluding hydrogens is 527 g/mol. The van der Waals surface area contributed by atoms with Gasteiger partial charge in [-0.2, -0.15) is 0 Å². The zero-order chi connectivity index (χ0) is 28.2. The lowest BCUT2D eigenvalue weighted by Gasteiger charge is -2.28. The highest BCUT2D eigenvalue weighted by atomic mass is 19.1. The molecule has 2 aliphatic rings. The normalized spacial score (nSPS) is 18.6. The maximum atomic E-state index is 13.7. The second kappa shape index (κ2) is 12.0. The first kappa shape index (κ1) is 26.9. The number of rotatable bonds is 10. The highest BCUT2D eigenvalue weighted by molar-refractivity contribution is 5.79. The molecule has 3 N–H and O–H groups in total. The van der Waals surface area contributed by atoms with Gasteiger partial charge in [0.2, 0.25) is 11.9 Å². The number of carbonyl (C=O) groups is 1. The molecule has 0 unspecified atom stereocenters. The third kappa shape index (κ3) is 6.69. The van der Waals surface area contributed by atoms with Crippen molar-refractivity contribution in [3.8, 4) is 28.4 Å². The van der Waals surface area contributed by atoms with E-state index in [1.807, 2.05) is 24.3 Å². The van der Waals surface area contributed by atoms with E-state index in [-0.39, 0.29) is 30.9 Å². The van der Waals surface area contributed by atoms with E-state index in [4.69, 9.17) is 24.2 Å². The van der Waals surface area contributed by atoms with Crippen LogP contribution < -0.4 is 15.4 Å². The first-order valence-corrected chi connectivity index (χ1v) is 13.6. The number of nitrogens with one attached hydrogen (secondary N) is 3. The van der Waals surface area contributed by atoms with Crippen molar-refractivity contribution in [3.05, 3.63) is 78.0 Å². The van der Waals surface area contributed by atoms with Crippen LogP contribution in [0, 0.1) is 11.7 Å². The van der Waals surface area contributed by atoms with Crippen molar-refractivity contribution in [3.63, 3.8) is 0 Å². The van der Waals surface area contributed by atoms with Gasteiger partial charge in [0, 0.05) is 24.3 Å². The lowest BCUT2D eigenvalue weighted by Crippen LogP contribution is -2.43. The first-order valence-electron chi connectivity index (χ1n) is 13.6. The van der Waals surface area contributed by atoms with E-state index < -0.39 is 6.29 Å². The van der Waals surface area contributed by atoms with Gasteiger partial charge in [-0.15, -0.1) is 0 Å². The van der Waals surface area contributed by atoms with Gasteiger partial charge >= 0.3 is 0 Å². The van der Waals surface area contributed by atoms with E-state index in [9.17, 15) is 9.18 Å². The number of ether oxygens (including phenoxy) is 3. The summed E-state index contributed by atoms with van der Waals surface area (Å²) in [5.74, 6) is 1.19. The Morgan fingerprint density at radius 2 is 1.80 bits per heavy atom. The van der Waals surface area contributed by atoms with Crippen LogP contribution in [0.3, 0.4) is 0 Å². The summed E-state index contributed by atoms with van der Waals surface area (Å²) in [5.41, 5.74) is 3.70. The number of hydrogen-bond acceptors (Lipinski definition) is 8. The van der Waals surface area contributed by atoms with Gasteiger partial charge in [-0.25, -0.2) is 19.3 Å². The number of nitrogens with zero attached hydrogens (tertiary/aromatic N) is 3. The van der Waals surface area contributed by atoms with Crippen molar-refractivity contribution in [1.29, 1.82) is 0 Å². The molecule has 1 saturated heterocycles. The number of halogens is 1. The molecule has 0 radical (unpaired) electrons. The van der Waals surface area contributed by atoms with Crippen molar-refractivity contribution in [2.75, 3.05) is 25.6 Å². The summed E-state index contributed by atoms with van der Waals surface area (Å²) in [7, 11) is 1.63. The molecule has 6 rings (SSSR count). The Balaban J connectivity index is 1.18. The summed E-state index contributed by atoms with van der Waals surface area (Å²) in [6.45, 7) is 1.11. The molecule has 1 aliphatic carbocycles. The van der Waals surface area contributed by atoms with E-state index in [2.05, 4.69) is 20.6 Å². The Hall–Kier alpha value is -4.35. The Labute approximate surface area is 236 Å². The van der Waals surface area contributed by atoms with Crippen LogP contribution in [0.5, 0.6) is 5.75 Å². The molecule has 3 heterocycles. The molecule has 2 fully saturated rings. The third-order valence-electron chi connectivity index (χ3n) is 7.01. The van der Waals surface area contributed by atoms with E-state index in [0.29, 0.717) is 47.9 Å². The summed E-state index contributed by atoms with van der Waals surface area (Å²) in [5, 5.41) is 6.26. The van der Waals surface area contributed by atoms with E-state index in [1.54, 1.807) is 31.5 Å². The molecule has 11 heteroatoms. The molecule has 41 heavy (non-hydrogen) atoms. The highest BCUT2D eigenvalue weighted by Crippen LogP contribution is 2.31. The number of anilines is 1. The maximum absolute atomic E-state index is 13.7. The summed E-state index contributed by atoms with van der Waals surface area (Å²) in [6, 6.07) is 16.0. The molecule has 0 atom stereocenters. The lowest BCUT2D eigenvalue weighted by molar-refractivity contribution is -0.200. The monoisotopic (exact) mass is 558 g/mol. The summed E-state index contributed by atoms with van der Waals surface area (Å²) < 4.78 is 30.6. The Morgan fingerprint density at radius 1 is 1.05 bits per heavy atom. The van der Waals surface area contributed by atoms with Crippen LogP contribution in [0.25, 0.3) is 22.6 Å². The smallest absolute Gasteiger partial charge is 0.228 e. The van der Waals surface area contributed by atoms with Crippen molar-refractivity contribution in [2.45, 2.75) is 38.1 Å². The number of H-pyrrole nitrogens is 1. The number of hydrogen-bond donors (Lipinski definition) is 3. The number of imidazole rings is 1. The second-order valence-electron chi connectivity index (χ2n) is 10.2. The first-order chi connectivity index (χ1) is 20.0. The topological polar surface area (TPSA) is 123 Å². The number of aromatic amines is 1. The minimum atomic E-state index is -0.549. The van der Waals surface area contributed by atoms with E-state index >= 15 is 0 Å². The van der Waals surface area contributed by atoms with Gasteiger partial charge in [-0.05, 0) is 60.9 Å². The Kier molecular flexibility index (Phi) is 7.88. The van der Waals surface area contributed by atoms with Crippen LogP contribution in [-0.4, -0.2) is 58.5 Å². The molecule has 1 amide bonds. The number of methoxy groups -OCH3 is 1. The number of amides is 1. The standard InChI is InChI=1S/C30H31FN6O4/c1-39-23-10-2-18(3-11-23)15-33-30-32-13-12-24(35-30)28-27(19-4-6-21(31)7-5-19)36-25(37-28)14-26-40-16-20(17-41-26)29(38)34-22-8-9-22/h2-7,10-13,20,22,26H,8-9,14-17H2,1H3,(H,34,38)(H,36,37)(H,32,33,35). The van der Waals surface area contributed by atoms with E-state index in [1.165, 1.54) is 12.1 Å². The molecule has 1 saturated carbocycles. The van der Waals surface area contributed by atoms with Gasteiger partial charge in [-0.1, -0.05) is 12.1 Å². The summed E-state index contributed by atoms with van der Waals surface area (Å²) in [4.78, 5) is 29.6. The molecule has 0 bridgehead atoms. The molecule has 4 aromatic rings. The fourth-order valence-corrected chi connectivity index (χ4v) is 4.55. The summed E-state index contributed by atoms with van der Waals surface area (Å²) in [6.07, 6.45) is 3.54. The predicted molar refractivity (Wildman–Crippen MR) is 149 cm³/mol. The quantitative estimate of drug-likeness (QED) is 0.266. The molecule has 2 aromatic heterocycles. The minimum Gasteiger partial charge on any atom is -0.497 e. The van der Waals surface area contributed by atoms with Crippen molar-refractivity contribution in [2.24, 2.45) is 5.92 Å². The van der Waals surface area contributed by atoms with Crippen molar-refractivity contribution >= 4 is 11.9 Å². The van der Waals surface area contributed by atoms with Gasteiger partial charge in [-0.3, -0.25) is 4.79 Å². The Bertz CT molecular complexity index is 1480. The zero-order valence-corrected chi connectivity index (χ0v) is 22.6. The minimum absolute atomic E-state index is 0.0232. The highest BCUT2D eigenvalue weighted by Gasteiger charge is 2.32. The van der Waals surface area contributed by atoms with Gasteiger partial charge in [0.1, 0.15) is 17.4 Å². The van der Waals surface area contributed by atoms with Crippen molar-refractivity contribution in [1.82, 2.24) is 25.3 Å². The molecule has 10 nitrogen and oxygen atoms in total. The number of carbonyl (C=O) groups excluding carboxylic acids is 1. The van der Waals surface area contributed by atoms with E-state index in [0.717, 1.165) is 29.7 Å². The van der Waals surface area contributed by atoms with Gasteiger partial charge in [0.05, 0.1) is 49.7 Å². The SMILES string of the molecule is COc1ccc(CNc2nccc(-c3[nH]c(CC4OCC(C(=O)NC5CC5)CO4)nc3-c3ccc(F)cc3)n2)cc1. The molecule has 1 aliphatic heterocycles. The van der Waals surface area contributed by atoms with Gasteiger partial charge in [0.15, 0.2) is 6.29 Å². The molecule has 0 spiro atoms. The maximum Gasteiger partial charge on any atom is 0.228 e. The number of aromatic nitrogens is 4. The molecular formula is C30H31FN6O4. The van der Waals surface area contributed by atoms with Gasteiger partial charge < -0.3 is 29.8 Å². The summed E-state index contributed by atoms with van der Waals surface area (Å²) >= 11 is 0. The predicted octanol–water partition coefficient (Wildman–Crippen LogP) is 4.10. The Morgan fingerprint density at radius 3 is 2.51 bits per heavy atom. The average molecular weight is 559 g/mol. The van der Waals surface area contributed by atoms with Crippen LogP contribution in [0.4, 0.5) is 10.3 Å². The second-order valence-corrected chi connectivity index (χ2v) is 10.2. The largest absolute Gasteiger partial charge is 0.497 e. The van der Waals surface area contributed by atoms with Gasteiger partial charge in [0.25, 0.3) is 0 Å². The number of benzene rings is 2. The zero-order valence-electron chi connectivity index (χ0n) is 22.6. The van der Waals surface area contributed by atoms with Crippen LogP contribution in [-0.2, 0) is 27.2 Å². The fourth-order valence-electron chi connectivity index (χ4n) is 4.55. The molecule has 2 aromatic carbocycles. The van der Waals surface area contributed by atoms with Crippen LogP contribution in [0.1, 0.15) is 24.2 Å². The van der Waals surface area contributed by atoms with Crippen LogP contribution >= 0.6 is 0 Å². The van der Waals surface area contributed by atoms with Crippen LogP contribution in [0.2, 0.25) is 0 Å². The third-order valence-corrected chi connectivity index (χ3v) is 7.01. The fraction of sp³-hybridized carbons (Fsp3) is 0.333. The molecule has 212 valence electrons. The lowest BCUT2D eigenvalue weighted by atomic mass is 10.1.